The second kappa shape index (κ2) is 4.37. The summed E-state index contributed by atoms with van der Waals surface area (Å²) in [5, 5.41) is 9.72. The predicted octanol–water partition coefficient (Wildman–Crippen LogP) is 1.94. The van der Waals surface area contributed by atoms with Crippen molar-refractivity contribution >= 4 is 23.5 Å². The number of amides is 1. The fourth-order valence-electron chi connectivity index (χ4n) is 2.21. The number of nitrogens with zero attached hydrogens (tertiary/aromatic N) is 1. The quantitative estimate of drug-likeness (QED) is 0.876. The predicted molar refractivity (Wildman–Crippen MR) is 62.7 cm³/mol. The van der Waals surface area contributed by atoms with Crippen LogP contribution in [0.5, 0.6) is 0 Å². The van der Waals surface area contributed by atoms with Crippen LogP contribution >= 0.6 is 11.6 Å². The number of halogens is 1. The maximum Gasteiger partial charge on any atom is 0.309 e. The first-order valence-electron chi connectivity index (χ1n) is 5.24. The van der Waals surface area contributed by atoms with Crippen molar-refractivity contribution in [3.8, 4) is 0 Å². The summed E-state index contributed by atoms with van der Waals surface area (Å²) in [4.78, 5) is 24.2. The second-order valence-corrected chi connectivity index (χ2v) is 4.59. The summed E-state index contributed by atoms with van der Waals surface area (Å²) in [6.45, 7) is 0. The van der Waals surface area contributed by atoms with Crippen molar-refractivity contribution in [1.82, 2.24) is 4.90 Å². The first kappa shape index (κ1) is 11.9. The zero-order chi connectivity index (χ0) is 12.6. The zero-order valence-corrected chi connectivity index (χ0v) is 10.0. The lowest BCUT2D eigenvalue weighted by Gasteiger charge is -2.23. The van der Waals surface area contributed by atoms with E-state index >= 15 is 0 Å². The van der Waals surface area contributed by atoms with E-state index in [2.05, 4.69) is 0 Å². The zero-order valence-electron chi connectivity index (χ0n) is 9.26. The minimum absolute atomic E-state index is 0.0547. The molecule has 1 aromatic rings. The minimum atomic E-state index is -0.942. The highest BCUT2D eigenvalue weighted by Crippen LogP contribution is 2.37. The second-order valence-electron chi connectivity index (χ2n) is 4.15. The Morgan fingerprint density at radius 1 is 1.41 bits per heavy atom. The van der Waals surface area contributed by atoms with Crippen LogP contribution in [0, 0.1) is 5.92 Å². The van der Waals surface area contributed by atoms with Gasteiger partial charge in [-0.05, 0) is 17.7 Å². The van der Waals surface area contributed by atoms with Gasteiger partial charge < -0.3 is 10.0 Å². The van der Waals surface area contributed by atoms with Gasteiger partial charge in [0.15, 0.2) is 0 Å². The SMILES string of the molecule is CN1C(=O)C[C@@H](C(=O)O)[C@H]1c1ccc(Cl)cc1. The van der Waals surface area contributed by atoms with Gasteiger partial charge in [-0.1, -0.05) is 23.7 Å². The van der Waals surface area contributed by atoms with E-state index in [0.717, 1.165) is 5.56 Å². The van der Waals surface area contributed by atoms with Gasteiger partial charge in [0, 0.05) is 18.5 Å². The van der Waals surface area contributed by atoms with Gasteiger partial charge in [-0.15, -0.1) is 0 Å². The first-order valence-corrected chi connectivity index (χ1v) is 5.62. The third-order valence-corrected chi connectivity index (χ3v) is 3.37. The average Bonchev–Trinajstić information content (AvgIpc) is 2.57. The molecule has 17 heavy (non-hydrogen) atoms. The van der Waals surface area contributed by atoms with Crippen molar-refractivity contribution in [3.05, 3.63) is 34.9 Å². The molecule has 0 saturated carbocycles. The number of carboxylic acid groups (broad SMARTS) is 1. The Morgan fingerprint density at radius 3 is 2.53 bits per heavy atom. The van der Waals surface area contributed by atoms with Crippen LogP contribution in [0.4, 0.5) is 0 Å². The van der Waals surface area contributed by atoms with Gasteiger partial charge >= 0.3 is 5.97 Å². The topological polar surface area (TPSA) is 57.6 Å². The van der Waals surface area contributed by atoms with Crippen LogP contribution < -0.4 is 0 Å². The van der Waals surface area contributed by atoms with Crippen LogP contribution in [0.25, 0.3) is 0 Å². The molecule has 2 rings (SSSR count). The summed E-state index contributed by atoms with van der Waals surface area (Å²) >= 11 is 5.79. The van der Waals surface area contributed by atoms with E-state index in [-0.39, 0.29) is 12.3 Å². The number of benzene rings is 1. The van der Waals surface area contributed by atoms with E-state index in [1.54, 1.807) is 31.3 Å². The Hall–Kier alpha value is -1.55. The summed E-state index contributed by atoms with van der Waals surface area (Å²) in [5.74, 6) is -1.77. The van der Waals surface area contributed by atoms with Gasteiger partial charge in [-0.25, -0.2) is 0 Å². The lowest BCUT2D eigenvalue weighted by molar-refractivity contribution is -0.142. The van der Waals surface area contributed by atoms with Crippen LogP contribution in [0.15, 0.2) is 24.3 Å². The van der Waals surface area contributed by atoms with Gasteiger partial charge in [0.25, 0.3) is 0 Å². The van der Waals surface area contributed by atoms with Crippen LogP contribution in [0.3, 0.4) is 0 Å². The van der Waals surface area contributed by atoms with Crippen molar-refractivity contribution in [3.63, 3.8) is 0 Å². The molecule has 1 fully saturated rings. The molecule has 1 N–H and O–H groups in total. The Kier molecular flexibility index (Phi) is 3.07. The first-order chi connectivity index (χ1) is 8.00. The molecular formula is C12H12ClNO3. The number of hydrogen-bond donors (Lipinski definition) is 1. The number of hydrogen-bond acceptors (Lipinski definition) is 2. The molecular weight excluding hydrogens is 242 g/mol. The van der Waals surface area contributed by atoms with Crippen LogP contribution in [0.1, 0.15) is 18.0 Å². The number of likely N-dealkylation sites (tertiary alicyclic amines) is 1. The normalized spacial score (nSPS) is 24.1. The maximum absolute atomic E-state index is 11.6. The molecule has 0 spiro atoms. The van der Waals surface area contributed by atoms with E-state index in [0.29, 0.717) is 5.02 Å². The summed E-state index contributed by atoms with van der Waals surface area (Å²) in [5.41, 5.74) is 0.801. The number of carbonyl (C=O) groups is 2. The summed E-state index contributed by atoms with van der Waals surface area (Å²) in [7, 11) is 1.63. The molecule has 1 saturated heterocycles. The van der Waals surface area contributed by atoms with E-state index in [4.69, 9.17) is 16.7 Å². The molecule has 4 nitrogen and oxygen atoms in total. The van der Waals surface area contributed by atoms with Gasteiger partial charge in [0.05, 0.1) is 12.0 Å². The molecule has 1 aliphatic heterocycles. The number of carboxylic acids is 1. The third-order valence-electron chi connectivity index (χ3n) is 3.12. The van der Waals surface area contributed by atoms with Crippen LogP contribution in [-0.4, -0.2) is 28.9 Å². The minimum Gasteiger partial charge on any atom is -0.481 e. The molecule has 1 heterocycles. The molecule has 1 amide bonds. The highest BCUT2D eigenvalue weighted by molar-refractivity contribution is 6.30. The van der Waals surface area contributed by atoms with Gasteiger partial charge in [-0.3, -0.25) is 9.59 Å². The maximum atomic E-state index is 11.6. The Balaban J connectivity index is 2.37. The third kappa shape index (κ3) is 2.13. The van der Waals surface area contributed by atoms with Gasteiger partial charge in [-0.2, -0.15) is 0 Å². The smallest absolute Gasteiger partial charge is 0.309 e. The monoisotopic (exact) mass is 253 g/mol. The summed E-state index contributed by atoms with van der Waals surface area (Å²) in [6.07, 6.45) is 0.0547. The fourth-order valence-corrected chi connectivity index (χ4v) is 2.33. The highest BCUT2D eigenvalue weighted by Gasteiger charge is 2.42. The largest absolute Gasteiger partial charge is 0.481 e. The Labute approximate surface area is 104 Å². The molecule has 2 atom stereocenters. The van der Waals surface area contributed by atoms with Gasteiger partial charge in [0.2, 0.25) is 5.91 Å². The molecule has 0 aliphatic carbocycles. The lowest BCUT2D eigenvalue weighted by Crippen LogP contribution is -2.26. The van der Waals surface area contributed by atoms with Crippen molar-refractivity contribution in [1.29, 1.82) is 0 Å². The number of carbonyl (C=O) groups excluding carboxylic acids is 1. The van der Waals surface area contributed by atoms with E-state index < -0.39 is 17.9 Å². The highest BCUT2D eigenvalue weighted by atomic mass is 35.5. The molecule has 0 unspecified atom stereocenters. The van der Waals surface area contributed by atoms with E-state index in [1.165, 1.54) is 4.90 Å². The lowest BCUT2D eigenvalue weighted by atomic mass is 9.94. The molecule has 1 aromatic carbocycles. The molecule has 5 heteroatoms. The molecule has 1 aliphatic rings. The molecule has 0 aromatic heterocycles. The summed E-state index contributed by atoms with van der Waals surface area (Å²) in [6, 6.07) is 6.52. The van der Waals surface area contributed by atoms with Crippen LogP contribution in [-0.2, 0) is 9.59 Å². The summed E-state index contributed by atoms with van der Waals surface area (Å²) < 4.78 is 0. The average molecular weight is 254 g/mol. The van der Waals surface area contributed by atoms with Crippen molar-refractivity contribution in [2.24, 2.45) is 5.92 Å². The Bertz CT molecular complexity index is 457. The number of aliphatic carboxylic acids is 1. The van der Waals surface area contributed by atoms with Crippen LogP contribution in [0.2, 0.25) is 5.02 Å². The van der Waals surface area contributed by atoms with Crippen molar-refractivity contribution in [2.75, 3.05) is 7.05 Å². The van der Waals surface area contributed by atoms with E-state index in [1.807, 2.05) is 0 Å². The molecule has 90 valence electrons. The standard InChI is InChI=1S/C12H12ClNO3/c1-14-10(15)6-9(12(16)17)11(14)7-2-4-8(13)5-3-7/h2-5,9,11H,6H2,1H3,(H,16,17)/t9-,11-/m1/s1. The number of rotatable bonds is 2. The Morgan fingerprint density at radius 2 is 2.00 bits per heavy atom. The van der Waals surface area contributed by atoms with Gasteiger partial charge in [0.1, 0.15) is 0 Å². The molecule has 0 radical (unpaired) electrons. The van der Waals surface area contributed by atoms with Crippen molar-refractivity contribution < 1.29 is 14.7 Å². The molecule has 0 bridgehead atoms. The van der Waals surface area contributed by atoms with E-state index in [9.17, 15) is 9.59 Å². The van der Waals surface area contributed by atoms with Crippen molar-refractivity contribution in [2.45, 2.75) is 12.5 Å². The fraction of sp³-hybridized carbons (Fsp3) is 0.333.